The Hall–Kier alpha value is 1.16. The fourth-order valence-electron chi connectivity index (χ4n) is 0. The molecule has 0 nitrogen and oxygen atoms in total. The Morgan fingerprint density at radius 3 is 0.857 bits per heavy atom. The van der Waals surface area contributed by atoms with Crippen molar-refractivity contribution in [3.05, 3.63) is 0 Å². The van der Waals surface area contributed by atoms with Crippen LogP contribution in [-0.4, -0.2) is 0 Å². The van der Waals surface area contributed by atoms with Crippen molar-refractivity contribution in [3.8, 4) is 0 Å². The molecule has 0 aliphatic carbocycles. The topological polar surface area (TPSA) is 0 Å². The Balaban J connectivity index is -0.00000000900. The third-order valence-electron chi connectivity index (χ3n) is 0. The van der Waals surface area contributed by atoms with Gasteiger partial charge in [-0.25, -0.2) is 0 Å². The lowest BCUT2D eigenvalue weighted by Crippen LogP contribution is -0.856. The Labute approximate surface area is 64.2 Å². The summed E-state index contributed by atoms with van der Waals surface area (Å²) in [5.74, 6) is 0. The van der Waals surface area contributed by atoms with Crippen molar-refractivity contribution in [2.75, 3.05) is 0 Å². The van der Waals surface area contributed by atoms with Crippen molar-refractivity contribution < 1.29 is 0 Å². The van der Waals surface area contributed by atoms with E-state index in [1.165, 1.54) is 0 Å². The van der Waals surface area contributed by atoms with Crippen molar-refractivity contribution in [3.63, 3.8) is 0 Å². The summed E-state index contributed by atoms with van der Waals surface area (Å²) in [6, 6.07) is 0. The Morgan fingerprint density at radius 2 is 0.857 bits per heavy atom. The monoisotopic (exact) mass is 236 g/mol. The zero-order valence-corrected chi connectivity index (χ0v) is 8.27. The van der Waals surface area contributed by atoms with E-state index >= 15 is 0 Å². The number of hydrogen-bond acceptors (Lipinski definition) is 0. The van der Waals surface area contributed by atoms with Crippen molar-refractivity contribution in [1.82, 2.24) is 0 Å². The molecule has 0 amide bonds. The standard InChI is InChI=1S/2C2H6.CH4.H2IP/c2*1-2;;1-2/h2*1-2H3;1H4;2H2. The average Bonchev–Trinajstić information content (AvgIpc) is 1.81. The van der Waals surface area contributed by atoms with Crippen LogP contribution in [0.3, 0.4) is 0 Å². The van der Waals surface area contributed by atoms with Gasteiger partial charge in [-0.1, -0.05) is 64.0 Å². The van der Waals surface area contributed by atoms with Crippen molar-refractivity contribution in [2.45, 2.75) is 35.1 Å². The molecule has 0 rings (SSSR count). The fraction of sp³-hybridized carbons (Fsp3) is 1.00. The van der Waals surface area contributed by atoms with Crippen LogP contribution >= 0.6 is 28.9 Å². The van der Waals surface area contributed by atoms with Gasteiger partial charge in [0.15, 0.2) is 0 Å². The SMILES string of the molecule is C.CC.CC.PI. The Kier molecular flexibility index (Phi) is 697. The van der Waals surface area contributed by atoms with Crippen LogP contribution in [-0.2, 0) is 0 Å². The molecule has 0 fully saturated rings. The molecule has 0 heterocycles. The highest BCUT2D eigenvalue weighted by Gasteiger charge is 0.937. The van der Waals surface area contributed by atoms with Crippen LogP contribution < -0.4 is 0 Å². The van der Waals surface area contributed by atoms with Crippen LogP contribution in [0.1, 0.15) is 35.1 Å². The van der Waals surface area contributed by atoms with Crippen LogP contribution in [0.4, 0.5) is 0 Å². The summed E-state index contributed by atoms with van der Waals surface area (Å²) < 4.78 is 0. The molecule has 0 saturated carbocycles. The summed E-state index contributed by atoms with van der Waals surface area (Å²) in [7, 11) is 0. The van der Waals surface area contributed by atoms with Crippen LogP contribution in [0.25, 0.3) is 0 Å². The minimum absolute atomic E-state index is 0. The molecular formula is C5H18IP. The molecule has 0 spiro atoms. The minimum Gasteiger partial charge on any atom is -0.0776 e. The van der Waals surface area contributed by atoms with E-state index in [1.54, 1.807) is 0 Å². The van der Waals surface area contributed by atoms with E-state index in [-0.39, 0.29) is 7.43 Å². The molecule has 0 radical (unpaired) electrons. The second kappa shape index (κ2) is 202. The van der Waals surface area contributed by atoms with Gasteiger partial charge in [-0.2, -0.15) is 0 Å². The number of rotatable bonds is 0. The molecule has 7 heavy (non-hydrogen) atoms. The van der Waals surface area contributed by atoms with E-state index in [9.17, 15) is 0 Å². The summed E-state index contributed by atoms with van der Waals surface area (Å²) in [5, 5.41) is 0. The molecule has 0 N–H and O–H groups in total. The summed E-state index contributed by atoms with van der Waals surface area (Å²) in [5.41, 5.74) is 0. The third-order valence-corrected chi connectivity index (χ3v) is 0. The van der Waals surface area contributed by atoms with Crippen LogP contribution in [0, 0.1) is 0 Å². The van der Waals surface area contributed by atoms with Crippen LogP contribution in [0.2, 0.25) is 0 Å². The largest absolute Gasteiger partial charge is 0.0776 e. The predicted octanol–water partition coefficient (Wildman–Crippen LogP) is 3.90. The first kappa shape index (κ1) is 24.2. The molecule has 0 aromatic carbocycles. The molecule has 2 heteroatoms. The third kappa shape index (κ3) is 142. The number of halogens is 1. The lowest BCUT2D eigenvalue weighted by atomic mass is 11.0. The average molecular weight is 236 g/mol. The minimum atomic E-state index is 0. The van der Waals surface area contributed by atoms with Gasteiger partial charge in [0.1, 0.15) is 0 Å². The van der Waals surface area contributed by atoms with Gasteiger partial charge in [-0.15, -0.1) is 0 Å². The first-order valence-corrected chi connectivity index (χ1v) is 6.39. The predicted molar refractivity (Wildman–Crippen MR) is 53.2 cm³/mol. The summed E-state index contributed by atoms with van der Waals surface area (Å²) in [6.07, 6.45) is 0. The smallest absolute Gasteiger partial charge is 0.0610 e. The quantitative estimate of drug-likeness (QED) is 0.442. The highest BCUT2D eigenvalue weighted by Crippen LogP contribution is 1.87. The maximum Gasteiger partial charge on any atom is -0.0610 e. The maximum absolute atomic E-state index is 2.39. The van der Waals surface area contributed by atoms with Gasteiger partial charge < -0.3 is 0 Å². The lowest BCUT2D eigenvalue weighted by Gasteiger charge is -1.07. The normalized spacial score (nSPS) is 2.57. The van der Waals surface area contributed by atoms with Crippen LogP contribution in [0.5, 0.6) is 0 Å². The zero-order valence-electron chi connectivity index (χ0n) is 4.96. The van der Waals surface area contributed by atoms with E-state index in [0.29, 0.717) is 0 Å². The zero-order chi connectivity index (χ0) is 6.00. The highest BCUT2D eigenvalue weighted by molar-refractivity contribution is 14.2. The van der Waals surface area contributed by atoms with E-state index in [2.05, 4.69) is 28.9 Å². The first-order valence-electron chi connectivity index (χ1n) is 2.22. The molecule has 0 aliphatic rings. The van der Waals surface area contributed by atoms with E-state index < -0.39 is 0 Å². The molecule has 50 valence electrons. The van der Waals surface area contributed by atoms with Gasteiger partial charge in [-0.05, 0) is 0 Å². The van der Waals surface area contributed by atoms with Crippen molar-refractivity contribution >= 4 is 28.9 Å². The fourth-order valence-corrected chi connectivity index (χ4v) is 0. The van der Waals surface area contributed by atoms with Crippen molar-refractivity contribution in [2.24, 2.45) is 0 Å². The van der Waals surface area contributed by atoms with E-state index in [4.69, 9.17) is 0 Å². The molecular weight excluding hydrogens is 218 g/mol. The van der Waals surface area contributed by atoms with Gasteiger partial charge in [0.05, 0.1) is 0 Å². The van der Waals surface area contributed by atoms with Gasteiger partial charge in [0.2, 0.25) is 0 Å². The summed E-state index contributed by atoms with van der Waals surface area (Å²) in [6.45, 7) is 10.4. The van der Waals surface area contributed by atoms with Crippen molar-refractivity contribution in [1.29, 1.82) is 0 Å². The molecule has 0 aliphatic heterocycles. The Bertz CT molecular complexity index is 8.04. The molecule has 1 unspecified atom stereocenters. The highest BCUT2D eigenvalue weighted by atomic mass is 127. The molecule has 1 atom stereocenters. The first-order chi connectivity index (χ1) is 3.00. The van der Waals surface area contributed by atoms with Gasteiger partial charge >= 0.3 is 0 Å². The second-order valence-electron chi connectivity index (χ2n) is 0. The molecule has 0 saturated heterocycles. The van der Waals surface area contributed by atoms with Gasteiger partial charge in [0, 0.05) is 0 Å². The second-order valence-corrected chi connectivity index (χ2v) is 0. The molecule has 0 bridgehead atoms. The Morgan fingerprint density at radius 1 is 0.857 bits per heavy atom. The summed E-state index contributed by atoms with van der Waals surface area (Å²) in [4.78, 5) is 0. The lowest BCUT2D eigenvalue weighted by molar-refractivity contribution is 1.50. The van der Waals surface area contributed by atoms with Crippen LogP contribution in [0.15, 0.2) is 0 Å². The van der Waals surface area contributed by atoms with Gasteiger partial charge in [0.25, 0.3) is 0 Å². The van der Waals surface area contributed by atoms with E-state index in [1.807, 2.05) is 27.7 Å². The molecule has 0 aromatic heterocycles. The van der Waals surface area contributed by atoms with Gasteiger partial charge in [-0.3, -0.25) is 0 Å². The molecule has 0 aromatic rings. The summed E-state index contributed by atoms with van der Waals surface area (Å²) >= 11 is 2.07. The maximum atomic E-state index is 2.39. The number of hydrogen-bond donors (Lipinski definition) is 0. The van der Waals surface area contributed by atoms with E-state index in [0.717, 1.165) is 0 Å².